The first-order chi connectivity index (χ1) is 14.2. The summed E-state index contributed by atoms with van der Waals surface area (Å²) >= 11 is 0. The number of guanidine groups is 1. The highest BCUT2D eigenvalue weighted by Gasteiger charge is 2.24. The van der Waals surface area contributed by atoms with Gasteiger partial charge in [-0.25, -0.2) is 4.99 Å². The summed E-state index contributed by atoms with van der Waals surface area (Å²) in [4.78, 5) is 23.8. The topological polar surface area (TPSA) is 75.0 Å². The van der Waals surface area contributed by atoms with Gasteiger partial charge in [0.25, 0.3) is 0 Å². The van der Waals surface area contributed by atoms with Crippen LogP contribution in [0.4, 0.5) is 0 Å². The molecule has 0 unspecified atom stereocenters. The van der Waals surface area contributed by atoms with Crippen LogP contribution in [0, 0.1) is 11.3 Å². The van der Waals surface area contributed by atoms with E-state index in [1.807, 2.05) is 29.2 Å². The number of nitrogens with zero attached hydrogens (tertiary/aromatic N) is 5. The Morgan fingerprint density at radius 3 is 2.50 bits per heavy atom. The van der Waals surface area contributed by atoms with E-state index in [9.17, 15) is 4.79 Å². The zero-order valence-electron chi connectivity index (χ0n) is 17.8. The van der Waals surface area contributed by atoms with E-state index >= 15 is 0 Å². The number of hydrogen-bond acceptors (Lipinski definition) is 4. The minimum atomic E-state index is 0. The van der Waals surface area contributed by atoms with Gasteiger partial charge in [-0.2, -0.15) is 5.26 Å². The van der Waals surface area contributed by atoms with Crippen LogP contribution in [0.1, 0.15) is 37.3 Å². The van der Waals surface area contributed by atoms with Crippen LogP contribution in [-0.4, -0.2) is 78.9 Å². The molecule has 0 radical (unpaired) electrons. The second-order valence-corrected chi connectivity index (χ2v) is 7.69. The van der Waals surface area contributed by atoms with Gasteiger partial charge in [-0.05, 0) is 43.9 Å². The number of rotatable bonds is 5. The molecule has 7 nitrogen and oxygen atoms in total. The van der Waals surface area contributed by atoms with Gasteiger partial charge in [-0.1, -0.05) is 12.1 Å². The maximum atomic E-state index is 12.5. The lowest BCUT2D eigenvalue weighted by molar-refractivity contribution is -0.133. The number of likely N-dealkylation sites (tertiary alicyclic amines) is 1. The summed E-state index contributed by atoms with van der Waals surface area (Å²) < 4.78 is 0. The Bertz CT molecular complexity index is 748. The fraction of sp³-hybridized carbons (Fsp3) is 0.591. The monoisotopic (exact) mass is 524 g/mol. The first-order valence-electron chi connectivity index (χ1n) is 10.7. The highest BCUT2D eigenvalue weighted by Crippen LogP contribution is 2.11. The second-order valence-electron chi connectivity index (χ2n) is 7.69. The normalized spacial score (nSPS) is 17.8. The number of amides is 1. The van der Waals surface area contributed by atoms with Crippen LogP contribution in [0.25, 0.3) is 0 Å². The summed E-state index contributed by atoms with van der Waals surface area (Å²) in [5, 5.41) is 12.4. The minimum absolute atomic E-state index is 0. The van der Waals surface area contributed by atoms with Crippen LogP contribution in [0.2, 0.25) is 0 Å². The van der Waals surface area contributed by atoms with E-state index in [0.29, 0.717) is 18.7 Å². The molecule has 164 valence electrons. The first kappa shape index (κ1) is 24.4. The Hall–Kier alpha value is -1.86. The molecule has 0 aromatic heterocycles. The molecule has 3 rings (SSSR count). The van der Waals surface area contributed by atoms with Crippen molar-refractivity contribution in [1.29, 1.82) is 5.26 Å². The average molecular weight is 524 g/mol. The van der Waals surface area contributed by atoms with Gasteiger partial charge in [0.15, 0.2) is 5.96 Å². The number of halogens is 1. The molecule has 0 aliphatic carbocycles. The second kappa shape index (κ2) is 12.7. The fourth-order valence-corrected chi connectivity index (χ4v) is 3.88. The molecule has 1 amide bonds. The number of nitrogens with one attached hydrogen (secondary N) is 1. The van der Waals surface area contributed by atoms with Crippen LogP contribution in [0.5, 0.6) is 0 Å². The number of piperidine rings is 1. The van der Waals surface area contributed by atoms with Crippen LogP contribution in [-0.2, 0) is 11.3 Å². The summed E-state index contributed by atoms with van der Waals surface area (Å²) in [5.74, 6) is 1.17. The highest BCUT2D eigenvalue weighted by molar-refractivity contribution is 14.0. The fourth-order valence-electron chi connectivity index (χ4n) is 3.88. The van der Waals surface area contributed by atoms with Gasteiger partial charge in [0.05, 0.1) is 24.7 Å². The summed E-state index contributed by atoms with van der Waals surface area (Å²) in [6, 6.07) is 9.77. The van der Waals surface area contributed by atoms with Gasteiger partial charge in [-0.15, -0.1) is 24.0 Å². The van der Waals surface area contributed by atoms with Gasteiger partial charge in [0.1, 0.15) is 0 Å². The van der Waals surface area contributed by atoms with Crippen LogP contribution in [0.15, 0.2) is 29.3 Å². The lowest BCUT2D eigenvalue weighted by Crippen LogP contribution is -2.54. The lowest BCUT2D eigenvalue weighted by Gasteiger charge is -2.37. The summed E-state index contributed by atoms with van der Waals surface area (Å²) in [7, 11) is 0. The molecule has 2 fully saturated rings. The summed E-state index contributed by atoms with van der Waals surface area (Å²) in [6.45, 7) is 9.25. The molecule has 2 heterocycles. The number of carbonyl (C=O) groups excluding carboxylic acids is 1. The van der Waals surface area contributed by atoms with Crippen LogP contribution < -0.4 is 5.32 Å². The van der Waals surface area contributed by atoms with E-state index < -0.39 is 0 Å². The van der Waals surface area contributed by atoms with Crippen molar-refractivity contribution >= 4 is 35.8 Å². The van der Waals surface area contributed by atoms with E-state index in [0.717, 1.165) is 70.2 Å². The van der Waals surface area contributed by atoms with Crippen molar-refractivity contribution in [2.75, 3.05) is 52.4 Å². The predicted molar refractivity (Wildman–Crippen MR) is 130 cm³/mol. The molecule has 2 aliphatic heterocycles. The van der Waals surface area contributed by atoms with Crippen molar-refractivity contribution in [2.45, 2.75) is 32.7 Å². The van der Waals surface area contributed by atoms with Crippen molar-refractivity contribution in [3.8, 4) is 6.07 Å². The van der Waals surface area contributed by atoms with E-state index in [-0.39, 0.29) is 29.9 Å². The average Bonchev–Trinajstić information content (AvgIpc) is 2.78. The molecule has 0 spiro atoms. The van der Waals surface area contributed by atoms with E-state index in [1.165, 1.54) is 6.42 Å². The molecular weight excluding hydrogens is 491 g/mol. The van der Waals surface area contributed by atoms with Crippen molar-refractivity contribution in [1.82, 2.24) is 20.0 Å². The summed E-state index contributed by atoms with van der Waals surface area (Å²) in [5.41, 5.74) is 1.69. The quantitative estimate of drug-likeness (QED) is 0.364. The van der Waals surface area contributed by atoms with Crippen molar-refractivity contribution in [2.24, 2.45) is 4.99 Å². The standard InChI is InChI=1S/C22H32N6O.HI/c1-2-24-22(25-17-20-8-6-7-19(15-20)16-23)28-13-11-26(12-14-28)18-21(29)27-9-4-3-5-10-27;/h6-8,15H,2-5,9-14,17-18H2,1H3,(H,24,25);1H. The third kappa shape index (κ3) is 7.13. The molecule has 2 saturated heterocycles. The molecular formula is C22H33IN6O. The Morgan fingerprint density at radius 1 is 1.10 bits per heavy atom. The zero-order chi connectivity index (χ0) is 20.5. The first-order valence-corrected chi connectivity index (χ1v) is 10.7. The molecule has 30 heavy (non-hydrogen) atoms. The minimum Gasteiger partial charge on any atom is -0.357 e. The number of benzene rings is 1. The Labute approximate surface area is 197 Å². The van der Waals surface area contributed by atoms with Gasteiger partial charge < -0.3 is 15.1 Å². The SMILES string of the molecule is CCNC(=NCc1cccc(C#N)c1)N1CCN(CC(=O)N2CCCCC2)CC1.I. The molecule has 0 bridgehead atoms. The maximum absolute atomic E-state index is 12.5. The third-order valence-electron chi connectivity index (χ3n) is 5.54. The molecule has 8 heteroatoms. The molecule has 1 N–H and O–H groups in total. The third-order valence-corrected chi connectivity index (χ3v) is 5.54. The zero-order valence-corrected chi connectivity index (χ0v) is 20.2. The molecule has 0 saturated carbocycles. The van der Waals surface area contributed by atoms with Crippen molar-refractivity contribution in [3.63, 3.8) is 0 Å². The van der Waals surface area contributed by atoms with E-state index in [2.05, 4.69) is 28.1 Å². The molecule has 0 atom stereocenters. The summed E-state index contributed by atoms with van der Waals surface area (Å²) in [6.07, 6.45) is 3.52. The van der Waals surface area contributed by atoms with Crippen LogP contribution >= 0.6 is 24.0 Å². The van der Waals surface area contributed by atoms with Gasteiger partial charge >= 0.3 is 0 Å². The number of carbonyl (C=O) groups is 1. The predicted octanol–water partition coefficient (Wildman–Crippen LogP) is 2.27. The van der Waals surface area contributed by atoms with Gasteiger partial charge in [-0.3, -0.25) is 9.69 Å². The Kier molecular flexibility index (Phi) is 10.4. The largest absolute Gasteiger partial charge is 0.357 e. The molecule has 1 aromatic rings. The van der Waals surface area contributed by atoms with Crippen molar-refractivity contribution in [3.05, 3.63) is 35.4 Å². The Balaban J connectivity index is 0.00000320. The van der Waals surface area contributed by atoms with Gasteiger partial charge in [0.2, 0.25) is 5.91 Å². The number of piperazine rings is 1. The van der Waals surface area contributed by atoms with Crippen molar-refractivity contribution < 1.29 is 4.79 Å². The number of aliphatic imine (C=N–C) groups is 1. The number of hydrogen-bond donors (Lipinski definition) is 1. The van der Waals surface area contributed by atoms with Crippen LogP contribution in [0.3, 0.4) is 0 Å². The lowest BCUT2D eigenvalue weighted by atomic mass is 10.1. The molecule has 1 aromatic carbocycles. The maximum Gasteiger partial charge on any atom is 0.236 e. The van der Waals surface area contributed by atoms with E-state index in [1.54, 1.807) is 0 Å². The highest BCUT2D eigenvalue weighted by atomic mass is 127. The van der Waals surface area contributed by atoms with E-state index in [4.69, 9.17) is 10.3 Å². The smallest absolute Gasteiger partial charge is 0.236 e. The number of nitriles is 1. The van der Waals surface area contributed by atoms with Gasteiger partial charge in [0, 0.05) is 45.8 Å². The Morgan fingerprint density at radius 2 is 1.83 bits per heavy atom. The molecule has 2 aliphatic rings.